The number of ether oxygens (including phenoxy) is 1. The van der Waals surface area contributed by atoms with Gasteiger partial charge in [0.15, 0.2) is 5.82 Å². The molecule has 3 heterocycles. The summed E-state index contributed by atoms with van der Waals surface area (Å²) in [6.07, 6.45) is -0.0915. The van der Waals surface area contributed by atoms with Crippen molar-refractivity contribution in [2.24, 2.45) is 0 Å². The molecule has 104 valence electrons. The van der Waals surface area contributed by atoms with Crippen LogP contribution in [0.4, 0.5) is 5.82 Å². The second-order valence-electron chi connectivity index (χ2n) is 4.72. The predicted molar refractivity (Wildman–Crippen MR) is 67.3 cm³/mol. The zero-order valence-electron chi connectivity index (χ0n) is 10.5. The summed E-state index contributed by atoms with van der Waals surface area (Å²) >= 11 is 0. The lowest BCUT2D eigenvalue weighted by atomic mass is 9.99. The summed E-state index contributed by atoms with van der Waals surface area (Å²) in [7, 11) is 0. The Balaban J connectivity index is 2.02. The monoisotopic (exact) mass is 275 g/mol. The molecule has 0 aromatic carbocycles. The number of nitriles is 1. The van der Waals surface area contributed by atoms with E-state index in [4.69, 9.17) is 15.7 Å². The van der Waals surface area contributed by atoms with Gasteiger partial charge in [0.05, 0.1) is 12.3 Å². The number of aliphatic hydroxyl groups is 2. The summed E-state index contributed by atoms with van der Waals surface area (Å²) < 4.78 is 7.13. The van der Waals surface area contributed by atoms with Crippen LogP contribution in [0, 0.1) is 11.3 Å². The minimum Gasteiger partial charge on any atom is -0.392 e. The van der Waals surface area contributed by atoms with Crippen LogP contribution in [-0.4, -0.2) is 43.1 Å². The molecule has 2 aromatic heterocycles. The molecule has 1 aliphatic heterocycles. The first-order valence-electron chi connectivity index (χ1n) is 6.07. The van der Waals surface area contributed by atoms with Crippen molar-refractivity contribution < 1.29 is 14.9 Å². The number of anilines is 1. The fraction of sp³-hybridized carbons (Fsp3) is 0.417. The van der Waals surface area contributed by atoms with Gasteiger partial charge in [0, 0.05) is 6.42 Å². The molecule has 4 N–H and O–H groups in total. The van der Waals surface area contributed by atoms with Crippen LogP contribution in [0.5, 0.6) is 0 Å². The number of nitrogen functional groups attached to an aromatic ring is 1. The maximum absolute atomic E-state index is 9.96. The molecule has 1 saturated heterocycles. The Morgan fingerprint density at radius 1 is 1.60 bits per heavy atom. The van der Waals surface area contributed by atoms with E-state index >= 15 is 0 Å². The average Bonchev–Trinajstić information content (AvgIpc) is 3.01. The Hall–Kier alpha value is -2.21. The van der Waals surface area contributed by atoms with Crippen molar-refractivity contribution in [2.75, 3.05) is 12.3 Å². The van der Waals surface area contributed by atoms with Crippen molar-refractivity contribution >= 4 is 11.3 Å². The van der Waals surface area contributed by atoms with Crippen LogP contribution in [0.25, 0.3) is 5.52 Å². The lowest BCUT2D eigenvalue weighted by Gasteiger charge is -2.21. The van der Waals surface area contributed by atoms with Crippen LogP contribution in [0.1, 0.15) is 18.2 Å². The second kappa shape index (κ2) is 4.42. The van der Waals surface area contributed by atoms with E-state index in [1.165, 1.54) is 6.33 Å². The van der Waals surface area contributed by atoms with E-state index in [9.17, 15) is 10.2 Å². The van der Waals surface area contributed by atoms with Gasteiger partial charge in [-0.2, -0.15) is 10.4 Å². The van der Waals surface area contributed by atoms with Gasteiger partial charge in [-0.05, 0) is 12.1 Å². The molecule has 20 heavy (non-hydrogen) atoms. The fourth-order valence-corrected chi connectivity index (χ4v) is 2.45. The first-order chi connectivity index (χ1) is 9.61. The van der Waals surface area contributed by atoms with Gasteiger partial charge >= 0.3 is 0 Å². The smallest absolute Gasteiger partial charge is 0.203 e. The number of hydrogen-bond acceptors (Lipinski definition) is 7. The van der Waals surface area contributed by atoms with Crippen molar-refractivity contribution in [3.8, 4) is 6.07 Å². The van der Waals surface area contributed by atoms with Gasteiger partial charge in [-0.25, -0.2) is 9.50 Å². The molecule has 0 amide bonds. The fourth-order valence-electron chi connectivity index (χ4n) is 2.45. The molecule has 1 aliphatic rings. The maximum atomic E-state index is 9.96. The largest absolute Gasteiger partial charge is 0.392 e. The lowest BCUT2D eigenvalue weighted by Crippen LogP contribution is -2.41. The Kier molecular flexibility index (Phi) is 2.83. The molecule has 0 aliphatic carbocycles. The molecule has 2 unspecified atom stereocenters. The minimum absolute atomic E-state index is 0.199. The topological polar surface area (TPSA) is 130 Å². The van der Waals surface area contributed by atoms with Crippen molar-refractivity contribution in [3.05, 3.63) is 24.2 Å². The molecule has 0 radical (unpaired) electrons. The summed E-state index contributed by atoms with van der Waals surface area (Å²) in [6.45, 7) is -0.568. The first-order valence-corrected chi connectivity index (χ1v) is 6.07. The van der Waals surface area contributed by atoms with E-state index in [0.29, 0.717) is 17.0 Å². The minimum atomic E-state index is -1.59. The van der Waals surface area contributed by atoms with Gasteiger partial charge < -0.3 is 20.7 Å². The number of aromatic nitrogens is 3. The average molecular weight is 275 g/mol. The standard InChI is InChI=1S/C12H13N5O3/c13-4-12(5-18)10(19)3-9(20-12)7-1-2-8-11(14)15-6-16-17(7)8/h1-2,6,9-10,18-19H,3,5H2,(H2,14,15,16)/t9-,10?,12?/m1/s1. The second-order valence-corrected chi connectivity index (χ2v) is 4.72. The summed E-state index contributed by atoms with van der Waals surface area (Å²) in [5, 5.41) is 32.5. The zero-order valence-corrected chi connectivity index (χ0v) is 10.5. The van der Waals surface area contributed by atoms with Gasteiger partial charge in [0.2, 0.25) is 5.60 Å². The van der Waals surface area contributed by atoms with Gasteiger partial charge in [-0.15, -0.1) is 0 Å². The van der Waals surface area contributed by atoms with Crippen LogP contribution in [0.3, 0.4) is 0 Å². The van der Waals surface area contributed by atoms with Crippen LogP contribution in [0.15, 0.2) is 18.5 Å². The number of hydrogen-bond donors (Lipinski definition) is 3. The highest BCUT2D eigenvalue weighted by molar-refractivity contribution is 5.65. The molecule has 3 atom stereocenters. The van der Waals surface area contributed by atoms with E-state index in [-0.39, 0.29) is 6.42 Å². The van der Waals surface area contributed by atoms with Gasteiger partial charge in [0.25, 0.3) is 0 Å². The van der Waals surface area contributed by atoms with Crippen molar-refractivity contribution in [2.45, 2.75) is 24.2 Å². The Bertz CT molecular complexity index is 694. The number of rotatable bonds is 2. The number of aliphatic hydroxyl groups excluding tert-OH is 2. The van der Waals surface area contributed by atoms with Crippen molar-refractivity contribution in [3.63, 3.8) is 0 Å². The predicted octanol–water partition coefficient (Wildman–Crippen LogP) is -0.612. The van der Waals surface area contributed by atoms with Gasteiger partial charge in [-0.1, -0.05) is 0 Å². The third-order valence-electron chi connectivity index (χ3n) is 3.59. The molecule has 8 heteroatoms. The summed E-state index contributed by atoms with van der Waals surface area (Å²) in [5.74, 6) is 0.332. The third kappa shape index (κ3) is 1.65. The van der Waals surface area contributed by atoms with E-state index in [1.807, 2.05) is 6.07 Å². The number of nitrogens with zero attached hydrogens (tertiary/aromatic N) is 4. The van der Waals surface area contributed by atoms with Gasteiger partial charge in [-0.3, -0.25) is 0 Å². The normalized spacial score (nSPS) is 29.6. The van der Waals surface area contributed by atoms with E-state index < -0.39 is 24.4 Å². The molecule has 8 nitrogen and oxygen atoms in total. The maximum Gasteiger partial charge on any atom is 0.203 e. The quantitative estimate of drug-likeness (QED) is 0.666. The SMILES string of the molecule is N#CC1(CO)O[C@@H](c2ccc3c(N)ncnn23)CC1O. The van der Waals surface area contributed by atoms with Crippen LogP contribution < -0.4 is 5.73 Å². The molecule has 0 bridgehead atoms. The zero-order chi connectivity index (χ0) is 14.3. The molecular formula is C12H13N5O3. The summed E-state index contributed by atoms with van der Waals surface area (Å²) in [6, 6.07) is 5.33. The van der Waals surface area contributed by atoms with Gasteiger partial charge in [0.1, 0.15) is 30.1 Å². The lowest BCUT2D eigenvalue weighted by molar-refractivity contribution is -0.0746. The molecule has 0 saturated carbocycles. The van der Waals surface area contributed by atoms with Crippen LogP contribution >= 0.6 is 0 Å². The number of fused-ring (bicyclic) bond motifs is 1. The summed E-state index contributed by atoms with van der Waals surface area (Å²) in [5.41, 5.74) is 5.43. The highest BCUT2D eigenvalue weighted by atomic mass is 16.5. The molecule has 0 spiro atoms. The Morgan fingerprint density at radius 3 is 3.05 bits per heavy atom. The Morgan fingerprint density at radius 2 is 2.40 bits per heavy atom. The molecule has 1 fully saturated rings. The third-order valence-corrected chi connectivity index (χ3v) is 3.59. The van der Waals surface area contributed by atoms with Crippen molar-refractivity contribution in [1.29, 1.82) is 5.26 Å². The highest BCUT2D eigenvalue weighted by Gasteiger charge is 2.49. The van der Waals surface area contributed by atoms with E-state index in [2.05, 4.69) is 10.1 Å². The molecule has 2 aromatic rings. The summed E-state index contributed by atoms with van der Waals surface area (Å²) in [4.78, 5) is 3.89. The van der Waals surface area contributed by atoms with E-state index in [0.717, 1.165) is 0 Å². The van der Waals surface area contributed by atoms with Crippen molar-refractivity contribution in [1.82, 2.24) is 14.6 Å². The molecular weight excluding hydrogens is 262 g/mol. The first kappa shape index (κ1) is 12.8. The van der Waals surface area contributed by atoms with Crippen LogP contribution in [0.2, 0.25) is 0 Å². The van der Waals surface area contributed by atoms with Crippen LogP contribution in [-0.2, 0) is 4.74 Å². The number of nitrogens with two attached hydrogens (primary N) is 1. The molecule has 3 rings (SSSR count). The highest BCUT2D eigenvalue weighted by Crippen LogP contribution is 2.39. The van der Waals surface area contributed by atoms with E-state index in [1.54, 1.807) is 16.6 Å². The Labute approximate surface area is 114 Å².